The van der Waals surface area contributed by atoms with Crippen molar-refractivity contribution < 1.29 is 19.1 Å². The topological polar surface area (TPSA) is 86.5 Å². The number of allylic oxidation sites excluding steroid dienone is 6. The second kappa shape index (κ2) is 7.43. The fourth-order valence-corrected chi connectivity index (χ4v) is 9.03. The maximum Gasteiger partial charge on any atom is 0.404 e. The van der Waals surface area contributed by atoms with Gasteiger partial charge in [0.1, 0.15) is 0 Å². The Kier molecular flexibility index (Phi) is 5.20. The number of primary amides is 1. The van der Waals surface area contributed by atoms with E-state index >= 15 is 0 Å². The van der Waals surface area contributed by atoms with E-state index in [1.165, 1.54) is 12.0 Å². The molecule has 0 radical (unpaired) electrons. The van der Waals surface area contributed by atoms with Crippen LogP contribution in [0.2, 0.25) is 0 Å². The summed E-state index contributed by atoms with van der Waals surface area (Å²) in [6.45, 7) is 14.3. The van der Waals surface area contributed by atoms with Crippen LogP contribution in [-0.4, -0.2) is 24.3 Å². The molecule has 35 heavy (non-hydrogen) atoms. The SMILES string of the molecule is CC1C(=O)C(=O)C=C2C1=CC=C1[C@@]2(C)CC[C@@]2(C)[C@@H]3C[C@](C)(COC(N)=O)CC[C@]3(C)CC[C@]12C. The van der Waals surface area contributed by atoms with Gasteiger partial charge in [0.25, 0.3) is 0 Å². The largest absolute Gasteiger partial charge is 0.449 e. The molecule has 0 saturated heterocycles. The smallest absolute Gasteiger partial charge is 0.404 e. The second-order valence-electron chi connectivity index (χ2n) is 13.6. The molecule has 3 saturated carbocycles. The van der Waals surface area contributed by atoms with Gasteiger partial charge in [-0.25, -0.2) is 4.79 Å². The Morgan fingerprint density at radius 3 is 2.37 bits per heavy atom. The molecule has 1 unspecified atom stereocenters. The molecule has 0 heterocycles. The number of amides is 1. The van der Waals surface area contributed by atoms with Crippen molar-refractivity contribution in [3.8, 4) is 0 Å². The molecule has 5 aliphatic rings. The van der Waals surface area contributed by atoms with Crippen molar-refractivity contribution in [1.29, 1.82) is 0 Å². The van der Waals surface area contributed by atoms with E-state index in [1.54, 1.807) is 6.08 Å². The number of nitrogens with two attached hydrogens (primary N) is 1. The van der Waals surface area contributed by atoms with Gasteiger partial charge in [0.05, 0.1) is 6.61 Å². The molecule has 0 aliphatic heterocycles. The lowest BCUT2D eigenvalue weighted by molar-refractivity contribution is -0.165. The lowest BCUT2D eigenvalue weighted by Crippen LogP contribution is -2.62. The summed E-state index contributed by atoms with van der Waals surface area (Å²) >= 11 is 0. The van der Waals surface area contributed by atoms with E-state index in [0.29, 0.717) is 12.5 Å². The highest BCUT2D eigenvalue weighted by atomic mass is 16.5. The minimum absolute atomic E-state index is 0.0103. The van der Waals surface area contributed by atoms with Crippen LogP contribution in [0.15, 0.2) is 34.9 Å². The van der Waals surface area contributed by atoms with Gasteiger partial charge in [0, 0.05) is 16.7 Å². The van der Waals surface area contributed by atoms with E-state index in [1.807, 2.05) is 6.92 Å². The average molecular weight is 480 g/mol. The predicted molar refractivity (Wildman–Crippen MR) is 135 cm³/mol. The highest BCUT2D eigenvalue weighted by Gasteiger charge is 2.66. The third kappa shape index (κ3) is 3.22. The molecule has 2 N–H and O–H groups in total. The van der Waals surface area contributed by atoms with Gasteiger partial charge in [-0.1, -0.05) is 59.3 Å². The van der Waals surface area contributed by atoms with Crippen LogP contribution in [0.1, 0.15) is 86.5 Å². The van der Waals surface area contributed by atoms with Crippen molar-refractivity contribution in [3.63, 3.8) is 0 Å². The minimum atomic E-state index is -0.689. The van der Waals surface area contributed by atoms with Gasteiger partial charge in [-0.3, -0.25) is 9.59 Å². The Hall–Kier alpha value is -2.17. The van der Waals surface area contributed by atoms with Crippen molar-refractivity contribution in [3.05, 3.63) is 34.9 Å². The summed E-state index contributed by atoms with van der Waals surface area (Å²) in [5.41, 5.74) is 8.93. The van der Waals surface area contributed by atoms with Gasteiger partial charge in [0.15, 0.2) is 0 Å². The summed E-state index contributed by atoms with van der Waals surface area (Å²) in [5.74, 6) is -0.501. The third-order valence-electron chi connectivity index (χ3n) is 11.7. The monoisotopic (exact) mass is 479 g/mol. The number of Topliss-reactive ketones (excluding diaryl/α,β-unsaturated/α-hetero) is 1. The molecule has 5 aliphatic carbocycles. The molecule has 3 fully saturated rings. The Morgan fingerprint density at radius 1 is 1.00 bits per heavy atom. The van der Waals surface area contributed by atoms with Crippen LogP contribution in [-0.2, 0) is 14.3 Å². The zero-order chi connectivity index (χ0) is 25.6. The predicted octanol–water partition coefficient (Wildman–Crippen LogP) is 6.08. The van der Waals surface area contributed by atoms with Crippen molar-refractivity contribution in [1.82, 2.24) is 0 Å². The summed E-state index contributed by atoms with van der Waals surface area (Å²) < 4.78 is 5.33. The van der Waals surface area contributed by atoms with E-state index in [0.717, 1.165) is 49.7 Å². The first-order valence-electron chi connectivity index (χ1n) is 13.4. The standard InChI is InChI=1S/C30H41NO4/c1-18-19-7-8-22-28(4,20(19)15-21(32)24(18)33)12-14-30(6)23-16-26(2,17-35-25(31)34)9-10-27(23,3)11-13-29(22,30)5/h7-8,15,18,23H,9-14,16-17H2,1-6H3,(H2,31,34)/t18?,23-,26-,27-,28+,29-,30+/m1/s1. The molecule has 0 bridgehead atoms. The number of fused-ring (bicyclic) bond motifs is 7. The molecule has 5 nitrogen and oxygen atoms in total. The summed E-state index contributed by atoms with van der Waals surface area (Å²) in [7, 11) is 0. The first-order valence-corrected chi connectivity index (χ1v) is 13.4. The third-order valence-corrected chi connectivity index (χ3v) is 11.7. The van der Waals surface area contributed by atoms with E-state index in [2.05, 4.69) is 46.8 Å². The van der Waals surface area contributed by atoms with Crippen LogP contribution < -0.4 is 5.73 Å². The van der Waals surface area contributed by atoms with E-state index in [4.69, 9.17) is 10.5 Å². The first-order chi connectivity index (χ1) is 16.2. The zero-order valence-electron chi connectivity index (χ0n) is 22.3. The minimum Gasteiger partial charge on any atom is -0.449 e. The van der Waals surface area contributed by atoms with Gasteiger partial charge in [0.2, 0.25) is 11.6 Å². The van der Waals surface area contributed by atoms with Crippen molar-refractivity contribution in [2.75, 3.05) is 6.61 Å². The van der Waals surface area contributed by atoms with Crippen LogP contribution in [0.3, 0.4) is 0 Å². The van der Waals surface area contributed by atoms with Gasteiger partial charge >= 0.3 is 6.09 Å². The Labute approximate surface area is 209 Å². The average Bonchev–Trinajstić information content (AvgIpc) is 2.80. The summed E-state index contributed by atoms with van der Waals surface area (Å²) in [6.07, 6.45) is 13.0. The highest BCUT2D eigenvalue weighted by Crippen LogP contribution is 2.75. The number of ketones is 2. The lowest BCUT2D eigenvalue weighted by Gasteiger charge is -2.70. The van der Waals surface area contributed by atoms with Crippen LogP contribution in [0.25, 0.3) is 0 Å². The normalized spacial score (nSPS) is 46.7. The van der Waals surface area contributed by atoms with Gasteiger partial charge in [-0.05, 0) is 84.3 Å². The molecule has 1 amide bonds. The quantitative estimate of drug-likeness (QED) is 0.486. The zero-order valence-corrected chi connectivity index (χ0v) is 22.3. The van der Waals surface area contributed by atoms with Gasteiger partial charge in [-0.15, -0.1) is 0 Å². The van der Waals surface area contributed by atoms with Gasteiger partial charge < -0.3 is 10.5 Å². The maximum absolute atomic E-state index is 12.6. The fourth-order valence-electron chi connectivity index (χ4n) is 9.03. The number of ether oxygens (including phenoxy) is 1. The van der Waals surface area contributed by atoms with Crippen molar-refractivity contribution >= 4 is 17.7 Å². The molecule has 5 rings (SSSR count). The van der Waals surface area contributed by atoms with E-state index < -0.39 is 6.09 Å². The Balaban J connectivity index is 1.57. The molecular formula is C30H41NO4. The van der Waals surface area contributed by atoms with E-state index in [9.17, 15) is 14.4 Å². The molecule has 7 atom stereocenters. The van der Waals surface area contributed by atoms with Crippen LogP contribution in [0, 0.1) is 38.9 Å². The highest BCUT2D eigenvalue weighted by molar-refractivity contribution is 6.44. The Morgan fingerprint density at radius 2 is 1.69 bits per heavy atom. The first kappa shape index (κ1) is 24.5. The molecule has 5 heteroatoms. The van der Waals surface area contributed by atoms with Crippen LogP contribution in [0.5, 0.6) is 0 Å². The molecule has 0 aromatic rings. The lowest BCUT2D eigenvalue weighted by atomic mass is 9.34. The molecule has 0 spiro atoms. The van der Waals surface area contributed by atoms with Crippen LogP contribution >= 0.6 is 0 Å². The number of rotatable bonds is 2. The van der Waals surface area contributed by atoms with Crippen molar-refractivity contribution in [2.45, 2.75) is 86.5 Å². The fraction of sp³-hybridized carbons (Fsp3) is 0.700. The molecular weight excluding hydrogens is 438 g/mol. The number of carbonyl (C=O) groups excluding carboxylic acids is 3. The van der Waals surface area contributed by atoms with Crippen molar-refractivity contribution in [2.24, 2.45) is 44.6 Å². The molecule has 0 aromatic heterocycles. The maximum atomic E-state index is 12.6. The number of hydrogen-bond donors (Lipinski definition) is 1. The summed E-state index contributed by atoms with van der Waals surface area (Å²) in [6, 6.07) is 0. The molecule has 0 aromatic carbocycles. The number of carbonyl (C=O) groups is 3. The molecule has 190 valence electrons. The summed E-state index contributed by atoms with van der Waals surface area (Å²) in [4.78, 5) is 36.4. The summed E-state index contributed by atoms with van der Waals surface area (Å²) in [5, 5.41) is 0. The second-order valence-corrected chi connectivity index (χ2v) is 13.6. The number of hydrogen-bond acceptors (Lipinski definition) is 4. The van der Waals surface area contributed by atoms with Gasteiger partial charge in [-0.2, -0.15) is 0 Å². The van der Waals surface area contributed by atoms with Crippen LogP contribution in [0.4, 0.5) is 4.79 Å². The van der Waals surface area contributed by atoms with E-state index in [-0.39, 0.29) is 44.6 Å². The Bertz CT molecular complexity index is 1120.